The molecular formula is C19H24O7. The fourth-order valence-electron chi connectivity index (χ4n) is 7.27. The highest BCUT2D eigenvalue weighted by atomic mass is 16.6. The van der Waals surface area contributed by atoms with Gasteiger partial charge in [0.1, 0.15) is 11.7 Å². The van der Waals surface area contributed by atoms with Gasteiger partial charge in [-0.25, -0.2) is 0 Å². The maximum absolute atomic E-state index is 12.7. The standard InChI is InChI=1S/C19H24O7/c1-7-4-9(20)14(23)17(2)8(7)5-10(21)19-6-25-18(3)13(19)16(24)26-15(18)11(22)12(17)19/h4,8,10-15,21-23H,5-6H2,1-3H3/t8-,10+,11+,12+,13-,14+,15-,17-,18-,19+/m0/s1. The number of hydrogen-bond acceptors (Lipinski definition) is 7. The van der Waals surface area contributed by atoms with Crippen molar-refractivity contribution in [3.8, 4) is 0 Å². The molecule has 4 fully saturated rings. The zero-order valence-corrected chi connectivity index (χ0v) is 15.0. The molecule has 7 heteroatoms. The monoisotopic (exact) mass is 364 g/mol. The van der Waals surface area contributed by atoms with E-state index in [2.05, 4.69) is 0 Å². The summed E-state index contributed by atoms with van der Waals surface area (Å²) in [5.41, 5.74) is -2.28. The molecule has 0 aromatic heterocycles. The second-order valence-corrected chi connectivity index (χ2v) is 9.21. The second-order valence-electron chi connectivity index (χ2n) is 9.21. The normalized spacial score (nSPS) is 60.2. The summed E-state index contributed by atoms with van der Waals surface area (Å²) >= 11 is 0. The molecule has 3 N–H and O–H groups in total. The Morgan fingerprint density at radius 2 is 1.88 bits per heavy atom. The molecule has 0 unspecified atom stereocenters. The van der Waals surface area contributed by atoms with Crippen molar-refractivity contribution in [3.63, 3.8) is 0 Å². The van der Waals surface area contributed by atoms with Gasteiger partial charge in [-0.05, 0) is 32.3 Å². The van der Waals surface area contributed by atoms with Gasteiger partial charge < -0.3 is 24.8 Å². The molecule has 2 saturated carbocycles. The minimum Gasteiger partial charge on any atom is -0.456 e. The maximum atomic E-state index is 12.7. The van der Waals surface area contributed by atoms with E-state index < -0.39 is 64.4 Å². The van der Waals surface area contributed by atoms with Gasteiger partial charge in [-0.2, -0.15) is 0 Å². The molecule has 4 bridgehead atoms. The molecule has 3 aliphatic carbocycles. The van der Waals surface area contributed by atoms with Crippen molar-refractivity contribution in [3.05, 3.63) is 11.6 Å². The SMILES string of the molecule is CC1=CC(=O)[C@@H](O)[C@]2(C)[C@H]3[C@@H](O)[C@@H]4OC(=O)[C@H]5[C@]4(C)OC[C@@]35[C@H](O)C[C@@H]12. The van der Waals surface area contributed by atoms with Gasteiger partial charge in [-0.1, -0.05) is 12.5 Å². The molecule has 142 valence electrons. The van der Waals surface area contributed by atoms with Gasteiger partial charge in [0.15, 0.2) is 11.9 Å². The smallest absolute Gasteiger partial charge is 0.313 e. The van der Waals surface area contributed by atoms with E-state index in [1.807, 2.05) is 6.92 Å². The summed E-state index contributed by atoms with van der Waals surface area (Å²) in [6, 6.07) is 0. The lowest BCUT2D eigenvalue weighted by atomic mass is 9.39. The molecule has 7 nitrogen and oxygen atoms in total. The molecule has 2 heterocycles. The summed E-state index contributed by atoms with van der Waals surface area (Å²) in [6.07, 6.45) is -2.46. The molecular weight excluding hydrogens is 340 g/mol. The molecule has 1 spiro atoms. The number of aliphatic hydroxyl groups is 3. The number of allylic oxidation sites excluding steroid dienone is 1. The third-order valence-electron chi connectivity index (χ3n) is 8.30. The van der Waals surface area contributed by atoms with Crippen molar-refractivity contribution < 1.29 is 34.4 Å². The minimum atomic E-state index is -1.31. The Balaban J connectivity index is 1.77. The largest absolute Gasteiger partial charge is 0.456 e. The van der Waals surface area contributed by atoms with Crippen LogP contribution in [-0.2, 0) is 19.1 Å². The van der Waals surface area contributed by atoms with Gasteiger partial charge in [0.05, 0.1) is 24.7 Å². The van der Waals surface area contributed by atoms with E-state index in [1.54, 1.807) is 13.8 Å². The van der Waals surface area contributed by atoms with Crippen molar-refractivity contribution in [2.75, 3.05) is 6.61 Å². The zero-order chi connectivity index (χ0) is 18.8. The van der Waals surface area contributed by atoms with E-state index in [4.69, 9.17) is 9.47 Å². The summed E-state index contributed by atoms with van der Waals surface area (Å²) in [5, 5.41) is 33.3. The number of ketones is 1. The van der Waals surface area contributed by atoms with Crippen LogP contribution in [0.2, 0.25) is 0 Å². The summed E-state index contributed by atoms with van der Waals surface area (Å²) < 4.78 is 11.5. The Morgan fingerprint density at radius 3 is 2.58 bits per heavy atom. The van der Waals surface area contributed by atoms with Gasteiger partial charge in [0, 0.05) is 16.7 Å². The molecule has 0 radical (unpaired) electrons. The van der Waals surface area contributed by atoms with Crippen LogP contribution in [-0.4, -0.2) is 63.7 Å². The van der Waals surface area contributed by atoms with E-state index in [9.17, 15) is 24.9 Å². The van der Waals surface area contributed by atoms with Gasteiger partial charge in [0.2, 0.25) is 0 Å². The van der Waals surface area contributed by atoms with Crippen LogP contribution in [0, 0.1) is 28.6 Å². The fourth-order valence-corrected chi connectivity index (χ4v) is 7.27. The molecule has 10 atom stereocenters. The molecule has 2 aliphatic heterocycles. The Labute approximate surface area is 151 Å². The molecule has 5 rings (SSSR count). The molecule has 0 aromatic carbocycles. The van der Waals surface area contributed by atoms with Crippen LogP contribution in [0.25, 0.3) is 0 Å². The van der Waals surface area contributed by atoms with Gasteiger partial charge in [-0.15, -0.1) is 0 Å². The molecule has 5 aliphatic rings. The lowest BCUT2D eigenvalue weighted by Crippen LogP contribution is -2.73. The average molecular weight is 364 g/mol. The quantitative estimate of drug-likeness (QED) is 0.500. The number of ether oxygens (including phenoxy) is 2. The Morgan fingerprint density at radius 1 is 1.19 bits per heavy atom. The van der Waals surface area contributed by atoms with Crippen LogP contribution in [0.3, 0.4) is 0 Å². The predicted octanol–water partition coefficient (Wildman–Crippen LogP) is -0.429. The van der Waals surface area contributed by atoms with Crippen LogP contribution in [0.1, 0.15) is 27.2 Å². The summed E-state index contributed by atoms with van der Waals surface area (Å²) in [5.74, 6) is -2.54. The molecule has 26 heavy (non-hydrogen) atoms. The van der Waals surface area contributed by atoms with Crippen LogP contribution >= 0.6 is 0 Å². The summed E-state index contributed by atoms with van der Waals surface area (Å²) in [6.45, 7) is 5.46. The molecule has 0 aromatic rings. The number of carbonyl (C=O) groups excluding carboxylic acids is 2. The first-order valence-electron chi connectivity index (χ1n) is 9.20. The Kier molecular flexibility index (Phi) is 2.97. The number of carbonyl (C=O) groups is 2. The lowest BCUT2D eigenvalue weighted by molar-refractivity contribution is -0.234. The first-order valence-corrected chi connectivity index (χ1v) is 9.20. The lowest BCUT2D eigenvalue weighted by Gasteiger charge is -2.63. The molecule has 0 amide bonds. The van der Waals surface area contributed by atoms with E-state index in [0.717, 1.165) is 5.57 Å². The number of esters is 1. The van der Waals surface area contributed by atoms with Crippen LogP contribution in [0.15, 0.2) is 11.6 Å². The van der Waals surface area contributed by atoms with Gasteiger partial charge >= 0.3 is 5.97 Å². The maximum Gasteiger partial charge on any atom is 0.313 e. The molecule has 2 saturated heterocycles. The first-order chi connectivity index (χ1) is 12.1. The van der Waals surface area contributed by atoms with Gasteiger partial charge in [-0.3, -0.25) is 9.59 Å². The van der Waals surface area contributed by atoms with Gasteiger partial charge in [0.25, 0.3) is 0 Å². The highest BCUT2D eigenvalue weighted by Crippen LogP contribution is 2.72. The second kappa shape index (κ2) is 4.58. The predicted molar refractivity (Wildman–Crippen MR) is 86.6 cm³/mol. The topological polar surface area (TPSA) is 113 Å². The van der Waals surface area contributed by atoms with Crippen LogP contribution in [0.5, 0.6) is 0 Å². The van der Waals surface area contributed by atoms with Crippen molar-refractivity contribution in [1.82, 2.24) is 0 Å². The van der Waals surface area contributed by atoms with Crippen LogP contribution < -0.4 is 0 Å². The summed E-state index contributed by atoms with van der Waals surface area (Å²) in [4.78, 5) is 25.1. The minimum absolute atomic E-state index is 0.106. The Hall–Kier alpha value is -1.28. The van der Waals surface area contributed by atoms with E-state index >= 15 is 0 Å². The highest BCUT2D eigenvalue weighted by molar-refractivity contribution is 5.96. The van der Waals surface area contributed by atoms with Crippen molar-refractivity contribution in [2.24, 2.45) is 28.6 Å². The number of aliphatic hydroxyl groups excluding tert-OH is 3. The van der Waals surface area contributed by atoms with E-state index in [0.29, 0.717) is 6.42 Å². The highest BCUT2D eigenvalue weighted by Gasteiger charge is 2.83. The number of rotatable bonds is 0. The third-order valence-corrected chi connectivity index (χ3v) is 8.30. The van der Waals surface area contributed by atoms with E-state index in [1.165, 1.54) is 6.08 Å². The van der Waals surface area contributed by atoms with Crippen molar-refractivity contribution in [1.29, 1.82) is 0 Å². The Bertz CT molecular complexity index is 761. The third kappa shape index (κ3) is 1.46. The average Bonchev–Trinajstić information content (AvgIpc) is 2.94. The number of hydrogen-bond donors (Lipinski definition) is 3. The van der Waals surface area contributed by atoms with Crippen LogP contribution in [0.4, 0.5) is 0 Å². The van der Waals surface area contributed by atoms with E-state index in [-0.39, 0.29) is 12.5 Å². The van der Waals surface area contributed by atoms with Crippen molar-refractivity contribution in [2.45, 2.75) is 57.2 Å². The first kappa shape index (κ1) is 16.9. The number of fused-ring (bicyclic) bond motifs is 2. The fraction of sp³-hybridized carbons (Fsp3) is 0.789. The summed E-state index contributed by atoms with van der Waals surface area (Å²) in [7, 11) is 0. The zero-order valence-electron chi connectivity index (χ0n) is 15.0. The van der Waals surface area contributed by atoms with Crippen molar-refractivity contribution >= 4 is 11.8 Å².